The number of halogens is 2. The topological polar surface area (TPSA) is 88.1 Å². The average Bonchev–Trinajstić information content (AvgIpc) is 3.46. The Kier molecular flexibility index (Phi) is 7.06. The van der Waals surface area contributed by atoms with Crippen LogP contribution in [0.2, 0.25) is 0 Å². The molecule has 10 heteroatoms. The Morgan fingerprint density at radius 2 is 1.84 bits per heavy atom. The van der Waals surface area contributed by atoms with Crippen LogP contribution in [0.5, 0.6) is 5.75 Å². The van der Waals surface area contributed by atoms with Gasteiger partial charge in [0.2, 0.25) is 0 Å². The number of aryl methyl sites for hydroxylation is 1. The van der Waals surface area contributed by atoms with E-state index in [2.05, 4.69) is 10.4 Å². The Labute approximate surface area is 221 Å². The van der Waals surface area contributed by atoms with Gasteiger partial charge in [0.15, 0.2) is 6.61 Å². The molecule has 5 rings (SSSR count). The van der Waals surface area contributed by atoms with Crippen molar-refractivity contribution in [3.05, 3.63) is 106 Å². The third-order valence-electron chi connectivity index (χ3n) is 6.05. The fourth-order valence-electron chi connectivity index (χ4n) is 4.12. The number of hydrogen-bond acceptors (Lipinski definition) is 6. The molecule has 2 heterocycles. The highest BCUT2D eigenvalue weighted by atomic mass is 32.2. The van der Waals surface area contributed by atoms with Crippen molar-refractivity contribution in [1.82, 2.24) is 10.3 Å². The first-order chi connectivity index (χ1) is 18.3. The lowest BCUT2D eigenvalue weighted by Gasteiger charge is -2.22. The summed E-state index contributed by atoms with van der Waals surface area (Å²) >= 11 is 0.826. The average molecular weight is 534 g/mol. The van der Waals surface area contributed by atoms with Crippen molar-refractivity contribution in [3.8, 4) is 5.75 Å². The molecule has 1 N–H and O–H groups in total. The highest BCUT2D eigenvalue weighted by molar-refractivity contribution is 8.18. The number of hydrazone groups is 1. The number of thioether (sulfide) groups is 1. The number of carbonyl (C=O) groups excluding carboxylic acids is 3. The van der Waals surface area contributed by atoms with E-state index in [1.807, 2.05) is 31.2 Å². The molecule has 2 aliphatic heterocycles. The van der Waals surface area contributed by atoms with Gasteiger partial charge in [0.05, 0.1) is 16.7 Å². The maximum Gasteiger partial charge on any atom is 0.290 e. The van der Waals surface area contributed by atoms with Crippen molar-refractivity contribution in [2.75, 3.05) is 6.61 Å². The predicted octanol–water partition coefficient (Wildman–Crippen LogP) is 5.35. The Bertz CT molecular complexity index is 1490. The number of benzene rings is 3. The Balaban J connectivity index is 1.32. The lowest BCUT2D eigenvalue weighted by molar-refractivity contribution is -0.135. The van der Waals surface area contributed by atoms with Gasteiger partial charge in [0.1, 0.15) is 17.4 Å². The second kappa shape index (κ2) is 10.6. The Morgan fingerprint density at radius 1 is 1.11 bits per heavy atom. The fraction of sp³-hybridized carbons (Fsp3) is 0.143. The van der Waals surface area contributed by atoms with Gasteiger partial charge in [0, 0.05) is 18.1 Å². The molecule has 1 atom stereocenters. The number of carbonyl (C=O) groups is 3. The zero-order valence-corrected chi connectivity index (χ0v) is 20.9. The van der Waals surface area contributed by atoms with Crippen LogP contribution >= 0.6 is 11.8 Å². The van der Waals surface area contributed by atoms with Crippen molar-refractivity contribution in [2.24, 2.45) is 5.10 Å². The number of amides is 3. The maximum absolute atomic E-state index is 14.5. The molecule has 0 spiro atoms. The monoisotopic (exact) mass is 533 g/mol. The molecule has 38 heavy (non-hydrogen) atoms. The molecule has 1 fully saturated rings. The summed E-state index contributed by atoms with van der Waals surface area (Å²) in [7, 11) is 0. The number of imide groups is 1. The van der Waals surface area contributed by atoms with Crippen molar-refractivity contribution in [3.63, 3.8) is 0 Å². The van der Waals surface area contributed by atoms with Crippen molar-refractivity contribution >= 4 is 40.6 Å². The van der Waals surface area contributed by atoms with Crippen LogP contribution in [0.25, 0.3) is 6.08 Å². The second-order valence-electron chi connectivity index (χ2n) is 8.75. The normalized spacial score (nSPS) is 18.1. The van der Waals surface area contributed by atoms with Crippen LogP contribution in [-0.4, -0.2) is 34.4 Å². The third-order valence-corrected chi connectivity index (χ3v) is 6.86. The van der Waals surface area contributed by atoms with E-state index in [-0.39, 0.29) is 18.6 Å². The van der Waals surface area contributed by atoms with Crippen molar-refractivity contribution < 1.29 is 27.9 Å². The SMILES string of the molecule is Cc1ccc(C2CC(c3ccc(F)cc3F)=NN2C(=O)COc2ccc(/C=C3/SC(=O)NC3=O)cc2)cc1. The lowest BCUT2D eigenvalue weighted by atomic mass is 9.97. The minimum absolute atomic E-state index is 0.139. The molecule has 2 aliphatic rings. The molecule has 0 aromatic heterocycles. The summed E-state index contributed by atoms with van der Waals surface area (Å²) in [5.74, 6) is -1.90. The van der Waals surface area contributed by atoms with Gasteiger partial charge < -0.3 is 4.74 Å². The molecule has 3 aromatic carbocycles. The molecule has 0 saturated carbocycles. The molecule has 0 bridgehead atoms. The first-order valence-corrected chi connectivity index (χ1v) is 12.5. The highest BCUT2D eigenvalue weighted by Gasteiger charge is 2.34. The Hall–Kier alpha value is -4.31. The molecule has 1 unspecified atom stereocenters. The van der Waals surface area contributed by atoms with Crippen molar-refractivity contribution in [2.45, 2.75) is 19.4 Å². The van der Waals surface area contributed by atoms with E-state index in [9.17, 15) is 23.2 Å². The van der Waals surface area contributed by atoms with E-state index in [0.717, 1.165) is 35.0 Å². The van der Waals surface area contributed by atoms with Gasteiger partial charge in [-0.1, -0.05) is 42.0 Å². The first kappa shape index (κ1) is 25.3. The molecule has 192 valence electrons. The Morgan fingerprint density at radius 3 is 2.50 bits per heavy atom. The van der Waals surface area contributed by atoms with Gasteiger partial charge in [-0.2, -0.15) is 5.10 Å². The molecule has 7 nitrogen and oxygen atoms in total. The van der Waals surface area contributed by atoms with Gasteiger partial charge in [-0.25, -0.2) is 13.8 Å². The minimum Gasteiger partial charge on any atom is -0.484 e. The summed E-state index contributed by atoms with van der Waals surface area (Å²) in [5, 5.41) is 7.47. The van der Waals surface area contributed by atoms with Crippen LogP contribution in [0.1, 0.15) is 34.7 Å². The van der Waals surface area contributed by atoms with Gasteiger partial charge in [-0.3, -0.25) is 19.7 Å². The second-order valence-corrected chi connectivity index (χ2v) is 9.76. The summed E-state index contributed by atoms with van der Waals surface area (Å²) < 4.78 is 33.6. The maximum atomic E-state index is 14.5. The number of ether oxygens (including phenoxy) is 1. The fourth-order valence-corrected chi connectivity index (χ4v) is 4.80. The van der Waals surface area contributed by atoms with Crippen LogP contribution in [0.15, 0.2) is 76.7 Å². The summed E-state index contributed by atoms with van der Waals surface area (Å²) in [6, 6.07) is 17.1. The van der Waals surface area contributed by atoms with E-state index in [1.54, 1.807) is 30.3 Å². The van der Waals surface area contributed by atoms with Crippen LogP contribution in [-0.2, 0) is 9.59 Å². The van der Waals surface area contributed by atoms with E-state index in [0.29, 0.717) is 21.9 Å². The highest BCUT2D eigenvalue weighted by Crippen LogP contribution is 2.34. The predicted molar refractivity (Wildman–Crippen MR) is 139 cm³/mol. The van der Waals surface area contributed by atoms with E-state index in [1.165, 1.54) is 11.1 Å². The number of nitrogens with one attached hydrogen (secondary N) is 1. The summed E-state index contributed by atoms with van der Waals surface area (Å²) in [5.41, 5.74) is 3.04. The number of hydrogen-bond donors (Lipinski definition) is 1. The first-order valence-electron chi connectivity index (χ1n) is 11.7. The van der Waals surface area contributed by atoms with Crippen molar-refractivity contribution in [1.29, 1.82) is 0 Å². The molecular formula is C28H21F2N3O4S. The molecule has 3 amide bonds. The zero-order valence-electron chi connectivity index (χ0n) is 20.1. The lowest BCUT2D eigenvalue weighted by Crippen LogP contribution is -2.31. The molecule has 0 aliphatic carbocycles. The summed E-state index contributed by atoms with van der Waals surface area (Å²) in [6.07, 6.45) is 1.84. The largest absolute Gasteiger partial charge is 0.484 e. The quantitative estimate of drug-likeness (QED) is 0.432. The van der Waals surface area contributed by atoms with E-state index < -0.39 is 34.7 Å². The van der Waals surface area contributed by atoms with Crippen LogP contribution in [0, 0.1) is 18.6 Å². The van der Waals surface area contributed by atoms with Crippen LogP contribution < -0.4 is 10.1 Å². The van der Waals surface area contributed by atoms with E-state index in [4.69, 9.17) is 4.74 Å². The molecule has 1 saturated heterocycles. The smallest absolute Gasteiger partial charge is 0.290 e. The summed E-state index contributed by atoms with van der Waals surface area (Å²) in [4.78, 5) is 36.5. The van der Waals surface area contributed by atoms with E-state index >= 15 is 0 Å². The van der Waals surface area contributed by atoms with Crippen LogP contribution in [0.4, 0.5) is 13.6 Å². The van der Waals surface area contributed by atoms with Gasteiger partial charge in [-0.15, -0.1) is 0 Å². The standard InChI is InChI=1S/C28H21F2N3O4S/c1-16-2-6-18(7-3-16)24-14-23(21-11-8-19(29)13-22(21)30)32-33(24)26(34)15-37-20-9-4-17(5-10-20)12-25-27(35)31-28(36)38-25/h2-13,24H,14-15H2,1H3,(H,31,35,36)/b25-12+. The van der Waals surface area contributed by atoms with Crippen LogP contribution in [0.3, 0.4) is 0 Å². The molecule has 0 radical (unpaired) electrons. The van der Waals surface area contributed by atoms with Gasteiger partial charge in [0.25, 0.3) is 17.1 Å². The van der Waals surface area contributed by atoms with Gasteiger partial charge in [-0.05, 0) is 60.2 Å². The zero-order chi connectivity index (χ0) is 26.8. The number of nitrogens with zero attached hydrogens (tertiary/aromatic N) is 2. The number of rotatable bonds is 6. The third kappa shape index (κ3) is 5.50. The summed E-state index contributed by atoms with van der Waals surface area (Å²) in [6.45, 7) is 1.63. The van der Waals surface area contributed by atoms with Gasteiger partial charge >= 0.3 is 0 Å². The molecular weight excluding hydrogens is 512 g/mol. The minimum atomic E-state index is -0.745. The molecule has 3 aromatic rings.